The summed E-state index contributed by atoms with van der Waals surface area (Å²) in [6.07, 6.45) is 0.151. The summed E-state index contributed by atoms with van der Waals surface area (Å²) in [7, 11) is 0. The number of hydrogen-bond donors (Lipinski definition) is 1. The van der Waals surface area contributed by atoms with Gasteiger partial charge >= 0.3 is 0 Å². The van der Waals surface area contributed by atoms with Crippen molar-refractivity contribution in [2.75, 3.05) is 11.4 Å². The minimum Gasteiger partial charge on any atom is -0.387 e. The van der Waals surface area contributed by atoms with Crippen LogP contribution in [0.25, 0.3) is 5.69 Å². The summed E-state index contributed by atoms with van der Waals surface area (Å²) in [4.78, 5) is 2.13. The molecule has 1 aliphatic rings. The topological polar surface area (TPSA) is 84.9 Å². The molecule has 8 nitrogen and oxygen atoms in total. The van der Waals surface area contributed by atoms with Gasteiger partial charge in [0.05, 0.1) is 36.3 Å². The molecule has 0 amide bonds. The lowest BCUT2D eigenvalue weighted by molar-refractivity contribution is 0.168. The number of fused-ring (bicyclic) bond motifs is 1. The summed E-state index contributed by atoms with van der Waals surface area (Å²) in [6.45, 7) is 4.12. The Morgan fingerprint density at radius 3 is 2.83 bits per heavy atom. The number of tetrazole rings is 1. The van der Waals surface area contributed by atoms with Gasteiger partial charge in [0.15, 0.2) is 0 Å². The van der Waals surface area contributed by atoms with E-state index in [1.807, 2.05) is 48.0 Å². The predicted molar refractivity (Wildman–Crippen MR) is 87.7 cm³/mol. The predicted octanol–water partition coefficient (Wildman–Crippen LogP) is 1.32. The number of nitrogens with zero attached hydrogens (tertiary/aromatic N) is 7. The van der Waals surface area contributed by atoms with Gasteiger partial charge in [-0.1, -0.05) is 30.2 Å². The van der Waals surface area contributed by atoms with E-state index in [4.69, 9.17) is 0 Å². The number of hydrogen-bond acceptors (Lipinski definition) is 6. The molecule has 0 bridgehead atoms. The van der Waals surface area contributed by atoms with Crippen LogP contribution in [0.2, 0.25) is 0 Å². The maximum absolute atomic E-state index is 10.00. The lowest BCUT2D eigenvalue weighted by Crippen LogP contribution is -2.35. The van der Waals surface area contributed by atoms with Crippen LogP contribution in [0.15, 0.2) is 36.4 Å². The lowest BCUT2D eigenvalue weighted by atomic mass is 10.2. The number of aliphatic hydroxyl groups is 1. The van der Waals surface area contributed by atoms with Crippen LogP contribution in [-0.2, 0) is 13.1 Å². The maximum Gasteiger partial charge on any atom is 0.250 e. The summed E-state index contributed by atoms with van der Waals surface area (Å²) in [6, 6.07) is 11.8. The molecule has 2 aromatic heterocycles. The molecular formula is C16H19N7O. The van der Waals surface area contributed by atoms with E-state index in [9.17, 15) is 5.11 Å². The summed E-state index contributed by atoms with van der Waals surface area (Å²) in [5, 5.41) is 26.6. The standard InChI is InChI=1S/C16H19N7O/c1-2-15(24)14-10-13-11-21(8-9-22(13)18-14)16-17-19-20-23(16)12-6-4-3-5-7-12/h3-7,10,15,24H,2,8-9,11H2,1H3. The zero-order valence-electron chi connectivity index (χ0n) is 13.4. The van der Waals surface area contributed by atoms with Crippen LogP contribution in [-0.4, -0.2) is 41.6 Å². The summed E-state index contributed by atoms with van der Waals surface area (Å²) in [5.41, 5.74) is 2.72. The van der Waals surface area contributed by atoms with Gasteiger partial charge in [-0.15, -0.1) is 0 Å². The molecule has 0 spiro atoms. The molecule has 0 fully saturated rings. The van der Waals surface area contributed by atoms with E-state index in [0.29, 0.717) is 18.9 Å². The molecule has 1 N–H and O–H groups in total. The summed E-state index contributed by atoms with van der Waals surface area (Å²) >= 11 is 0. The molecule has 124 valence electrons. The number of para-hydroxylation sites is 1. The van der Waals surface area contributed by atoms with E-state index in [1.54, 1.807) is 4.68 Å². The first-order chi connectivity index (χ1) is 11.8. The monoisotopic (exact) mass is 325 g/mol. The van der Waals surface area contributed by atoms with Crippen LogP contribution in [0.5, 0.6) is 0 Å². The number of aromatic nitrogens is 6. The molecular weight excluding hydrogens is 306 g/mol. The molecule has 1 unspecified atom stereocenters. The van der Waals surface area contributed by atoms with Crippen molar-refractivity contribution in [2.24, 2.45) is 0 Å². The Morgan fingerprint density at radius 1 is 1.21 bits per heavy atom. The van der Waals surface area contributed by atoms with Crippen molar-refractivity contribution in [2.45, 2.75) is 32.5 Å². The van der Waals surface area contributed by atoms with Crippen molar-refractivity contribution in [3.63, 3.8) is 0 Å². The summed E-state index contributed by atoms with van der Waals surface area (Å²) < 4.78 is 3.70. The van der Waals surface area contributed by atoms with Gasteiger partial charge < -0.3 is 10.0 Å². The third-order valence-corrected chi connectivity index (χ3v) is 4.28. The first kappa shape index (κ1) is 14.8. The number of benzene rings is 1. The van der Waals surface area contributed by atoms with Crippen molar-refractivity contribution in [1.29, 1.82) is 0 Å². The molecule has 0 radical (unpaired) electrons. The highest BCUT2D eigenvalue weighted by atomic mass is 16.3. The van der Waals surface area contributed by atoms with Gasteiger partial charge in [-0.3, -0.25) is 4.68 Å². The molecule has 1 atom stereocenters. The van der Waals surface area contributed by atoms with E-state index < -0.39 is 6.10 Å². The van der Waals surface area contributed by atoms with E-state index >= 15 is 0 Å². The zero-order valence-corrected chi connectivity index (χ0v) is 13.4. The third-order valence-electron chi connectivity index (χ3n) is 4.28. The van der Waals surface area contributed by atoms with Crippen molar-refractivity contribution in [3.8, 4) is 5.69 Å². The molecule has 3 heterocycles. The molecule has 0 saturated carbocycles. The van der Waals surface area contributed by atoms with Crippen molar-refractivity contribution in [3.05, 3.63) is 47.8 Å². The second-order valence-corrected chi connectivity index (χ2v) is 5.86. The molecule has 1 aromatic carbocycles. The Labute approximate surface area is 139 Å². The van der Waals surface area contributed by atoms with Crippen molar-refractivity contribution in [1.82, 2.24) is 30.0 Å². The van der Waals surface area contributed by atoms with Crippen LogP contribution in [0, 0.1) is 0 Å². The number of rotatable bonds is 4. The Morgan fingerprint density at radius 2 is 2.04 bits per heavy atom. The van der Waals surface area contributed by atoms with Gasteiger partial charge in [0.25, 0.3) is 5.95 Å². The van der Waals surface area contributed by atoms with Crippen LogP contribution >= 0.6 is 0 Å². The molecule has 0 aliphatic carbocycles. The van der Waals surface area contributed by atoms with Crippen molar-refractivity contribution < 1.29 is 5.11 Å². The average Bonchev–Trinajstić information content (AvgIpc) is 3.27. The number of aliphatic hydroxyl groups excluding tert-OH is 1. The average molecular weight is 325 g/mol. The van der Waals surface area contributed by atoms with Crippen molar-refractivity contribution >= 4 is 5.95 Å². The van der Waals surface area contributed by atoms with Gasteiger partial charge in [0.1, 0.15) is 0 Å². The fourth-order valence-corrected chi connectivity index (χ4v) is 2.95. The molecule has 24 heavy (non-hydrogen) atoms. The smallest absolute Gasteiger partial charge is 0.250 e. The van der Waals surface area contributed by atoms with Crippen LogP contribution in [0.4, 0.5) is 5.95 Å². The lowest BCUT2D eigenvalue weighted by Gasteiger charge is -2.27. The molecule has 1 aliphatic heterocycles. The second kappa shape index (κ2) is 6.04. The Bertz CT molecular complexity index is 826. The Kier molecular flexibility index (Phi) is 3.73. The first-order valence-corrected chi connectivity index (χ1v) is 8.09. The van der Waals surface area contributed by atoms with E-state index in [-0.39, 0.29) is 0 Å². The summed E-state index contributed by atoms with van der Waals surface area (Å²) in [5.74, 6) is 0.714. The van der Waals surface area contributed by atoms with Gasteiger partial charge in [0.2, 0.25) is 0 Å². The largest absolute Gasteiger partial charge is 0.387 e. The van der Waals surface area contributed by atoms with E-state index in [1.165, 1.54) is 0 Å². The maximum atomic E-state index is 10.00. The van der Waals surface area contributed by atoms with E-state index in [0.717, 1.165) is 30.2 Å². The molecule has 4 rings (SSSR count). The molecule has 8 heteroatoms. The normalized spacial score (nSPS) is 15.3. The van der Waals surface area contributed by atoms with Crippen LogP contribution in [0.3, 0.4) is 0 Å². The quantitative estimate of drug-likeness (QED) is 0.779. The zero-order chi connectivity index (χ0) is 16.5. The minimum absolute atomic E-state index is 0.508. The SMILES string of the molecule is CCC(O)c1cc2n(n1)CCN(c1nnnn1-c1ccccc1)C2. The minimum atomic E-state index is -0.508. The molecule has 3 aromatic rings. The van der Waals surface area contributed by atoms with Gasteiger partial charge in [0, 0.05) is 6.54 Å². The Hall–Kier alpha value is -2.74. The van der Waals surface area contributed by atoms with Crippen LogP contribution < -0.4 is 4.90 Å². The highest BCUT2D eigenvalue weighted by molar-refractivity contribution is 5.41. The van der Waals surface area contributed by atoms with Gasteiger partial charge in [-0.25, -0.2) is 0 Å². The fraction of sp³-hybridized carbons (Fsp3) is 0.375. The first-order valence-electron chi connectivity index (χ1n) is 8.09. The fourth-order valence-electron chi connectivity index (χ4n) is 2.95. The van der Waals surface area contributed by atoms with Gasteiger partial charge in [-0.2, -0.15) is 9.78 Å². The highest BCUT2D eigenvalue weighted by Crippen LogP contribution is 2.23. The van der Waals surface area contributed by atoms with E-state index in [2.05, 4.69) is 25.5 Å². The van der Waals surface area contributed by atoms with Crippen LogP contribution in [0.1, 0.15) is 30.8 Å². The third kappa shape index (κ3) is 2.54. The second-order valence-electron chi connectivity index (χ2n) is 5.86. The molecule has 0 saturated heterocycles. The highest BCUT2D eigenvalue weighted by Gasteiger charge is 2.24. The Balaban J connectivity index is 1.62. The number of anilines is 1. The van der Waals surface area contributed by atoms with Gasteiger partial charge in [-0.05, 0) is 35.0 Å².